The van der Waals surface area contributed by atoms with Crippen LogP contribution < -0.4 is 14.9 Å². The van der Waals surface area contributed by atoms with Crippen molar-refractivity contribution in [3.63, 3.8) is 0 Å². The van der Waals surface area contributed by atoms with E-state index in [9.17, 15) is 9.90 Å². The van der Waals surface area contributed by atoms with Gasteiger partial charge in [-0.15, -0.1) is 0 Å². The summed E-state index contributed by atoms with van der Waals surface area (Å²) in [6, 6.07) is 21.1. The highest BCUT2D eigenvalue weighted by atomic mass is 16.5. The van der Waals surface area contributed by atoms with Crippen LogP contribution in [0.2, 0.25) is 0 Å². The highest BCUT2D eigenvalue weighted by Crippen LogP contribution is 2.31. The Morgan fingerprint density at radius 1 is 0.933 bits per heavy atom. The number of methoxy groups -OCH3 is 2. The summed E-state index contributed by atoms with van der Waals surface area (Å²) >= 11 is 0. The maximum Gasteiger partial charge on any atom is 0.281 e. The molecule has 0 spiro atoms. The third-order valence-electron chi connectivity index (χ3n) is 4.85. The first-order chi connectivity index (χ1) is 14.5. The summed E-state index contributed by atoms with van der Waals surface area (Å²) in [4.78, 5) is 13.0. The Balaban J connectivity index is 1.89. The molecule has 0 bridgehead atoms. The first-order valence-corrected chi connectivity index (χ1v) is 9.40. The van der Waals surface area contributed by atoms with Crippen molar-refractivity contribution in [1.82, 2.24) is 5.43 Å². The molecule has 0 saturated heterocycles. The number of hydrogen-bond acceptors (Lipinski definition) is 5. The minimum absolute atomic E-state index is 0.450. The molecule has 0 aliphatic rings. The summed E-state index contributed by atoms with van der Waals surface area (Å²) in [6.45, 7) is 1.90. The molecule has 0 saturated carbocycles. The Bertz CT molecular complexity index is 994. The van der Waals surface area contributed by atoms with E-state index < -0.39 is 11.5 Å². The summed E-state index contributed by atoms with van der Waals surface area (Å²) in [7, 11) is 3.12. The SMILES string of the molecule is COc1cc(C)c(C=NNC(=O)C(O)(c2ccccc2)c2ccccc2)cc1OC. The molecule has 154 valence electrons. The molecule has 0 heterocycles. The first-order valence-electron chi connectivity index (χ1n) is 9.40. The number of rotatable bonds is 7. The van der Waals surface area contributed by atoms with Crippen molar-refractivity contribution in [2.24, 2.45) is 5.10 Å². The van der Waals surface area contributed by atoms with Crippen LogP contribution in [0.3, 0.4) is 0 Å². The molecule has 3 rings (SSSR count). The molecule has 0 unspecified atom stereocenters. The maximum absolute atomic E-state index is 13.0. The monoisotopic (exact) mass is 404 g/mol. The number of nitrogens with zero attached hydrogens (tertiary/aromatic N) is 1. The van der Waals surface area contributed by atoms with Crippen LogP contribution in [0.4, 0.5) is 0 Å². The van der Waals surface area contributed by atoms with Crippen LogP contribution in [-0.4, -0.2) is 31.4 Å². The second-order valence-electron chi connectivity index (χ2n) is 6.71. The van der Waals surface area contributed by atoms with Crippen molar-refractivity contribution < 1.29 is 19.4 Å². The number of amides is 1. The van der Waals surface area contributed by atoms with Gasteiger partial charge in [-0.3, -0.25) is 4.79 Å². The third-order valence-corrected chi connectivity index (χ3v) is 4.85. The predicted molar refractivity (Wildman–Crippen MR) is 116 cm³/mol. The van der Waals surface area contributed by atoms with E-state index in [1.54, 1.807) is 68.8 Å². The van der Waals surface area contributed by atoms with Gasteiger partial charge in [-0.05, 0) is 35.7 Å². The Hall–Kier alpha value is -3.64. The largest absolute Gasteiger partial charge is 0.493 e. The molecule has 6 heteroatoms. The van der Waals surface area contributed by atoms with Gasteiger partial charge in [-0.25, -0.2) is 5.43 Å². The summed E-state index contributed by atoms with van der Waals surface area (Å²) in [6.07, 6.45) is 1.51. The van der Waals surface area contributed by atoms with E-state index in [0.29, 0.717) is 22.6 Å². The summed E-state index contributed by atoms with van der Waals surface area (Å²) in [5.74, 6) is 0.508. The highest BCUT2D eigenvalue weighted by Gasteiger charge is 2.39. The summed E-state index contributed by atoms with van der Waals surface area (Å²) < 4.78 is 10.6. The number of hydrogen-bond donors (Lipinski definition) is 2. The molecular weight excluding hydrogens is 380 g/mol. The minimum atomic E-state index is -1.88. The normalized spacial score (nSPS) is 11.3. The zero-order valence-corrected chi connectivity index (χ0v) is 17.1. The molecule has 0 atom stereocenters. The molecule has 30 heavy (non-hydrogen) atoms. The second-order valence-corrected chi connectivity index (χ2v) is 6.71. The number of carbonyl (C=O) groups excluding carboxylic acids is 1. The molecule has 3 aromatic rings. The van der Waals surface area contributed by atoms with Crippen molar-refractivity contribution in [2.75, 3.05) is 14.2 Å². The van der Waals surface area contributed by atoms with E-state index >= 15 is 0 Å². The molecule has 0 fully saturated rings. The summed E-state index contributed by atoms with van der Waals surface area (Å²) in [5.41, 5.74) is 3.13. The van der Waals surface area contributed by atoms with Crippen LogP contribution in [0.25, 0.3) is 0 Å². The fourth-order valence-corrected chi connectivity index (χ4v) is 3.16. The number of hydrazone groups is 1. The lowest BCUT2D eigenvalue weighted by molar-refractivity contribution is -0.136. The van der Waals surface area contributed by atoms with Gasteiger partial charge in [-0.2, -0.15) is 5.10 Å². The highest BCUT2D eigenvalue weighted by molar-refractivity contribution is 5.91. The number of benzene rings is 3. The maximum atomic E-state index is 13.0. The predicted octanol–water partition coefficient (Wildman–Crippen LogP) is 3.40. The molecule has 1 amide bonds. The first kappa shape index (κ1) is 21.1. The molecule has 2 N–H and O–H groups in total. The van der Waals surface area contributed by atoms with Gasteiger partial charge < -0.3 is 14.6 Å². The zero-order valence-electron chi connectivity index (χ0n) is 17.1. The van der Waals surface area contributed by atoms with Crippen molar-refractivity contribution in [1.29, 1.82) is 0 Å². The van der Waals surface area contributed by atoms with Gasteiger partial charge in [-0.1, -0.05) is 60.7 Å². The van der Waals surface area contributed by atoms with Crippen LogP contribution in [-0.2, 0) is 10.4 Å². The van der Waals surface area contributed by atoms with Crippen molar-refractivity contribution in [3.05, 3.63) is 95.1 Å². The fraction of sp³-hybridized carbons (Fsp3) is 0.167. The number of nitrogens with one attached hydrogen (secondary N) is 1. The lowest BCUT2D eigenvalue weighted by atomic mass is 9.85. The van der Waals surface area contributed by atoms with E-state index in [-0.39, 0.29) is 0 Å². The second kappa shape index (κ2) is 9.24. The average molecular weight is 404 g/mol. The number of ether oxygens (including phenoxy) is 2. The van der Waals surface area contributed by atoms with Gasteiger partial charge in [0.15, 0.2) is 17.1 Å². The van der Waals surface area contributed by atoms with Crippen molar-refractivity contribution in [3.8, 4) is 11.5 Å². The number of aryl methyl sites for hydroxylation is 1. The van der Waals surface area contributed by atoms with Crippen LogP contribution in [0.5, 0.6) is 11.5 Å². The number of carbonyl (C=O) groups is 1. The van der Waals surface area contributed by atoms with Crippen LogP contribution in [0.15, 0.2) is 77.9 Å². The zero-order chi connectivity index (χ0) is 21.6. The molecule has 0 aliphatic heterocycles. The summed E-state index contributed by atoms with van der Waals surface area (Å²) in [5, 5.41) is 15.5. The lowest BCUT2D eigenvalue weighted by Crippen LogP contribution is -2.43. The van der Waals surface area contributed by atoms with E-state index in [4.69, 9.17) is 9.47 Å². The van der Waals surface area contributed by atoms with E-state index in [1.165, 1.54) is 6.21 Å². The van der Waals surface area contributed by atoms with Gasteiger partial charge in [0.05, 0.1) is 20.4 Å². The third kappa shape index (κ3) is 4.18. The Kier molecular flexibility index (Phi) is 6.49. The topological polar surface area (TPSA) is 80.2 Å². The molecule has 0 radical (unpaired) electrons. The molecule has 6 nitrogen and oxygen atoms in total. The standard InChI is InChI=1S/C24H24N2O4/c1-17-14-21(29-2)22(30-3)15-18(17)16-25-26-23(27)24(28,19-10-6-4-7-11-19)20-12-8-5-9-13-20/h4-16,28H,1-3H3,(H,26,27). The van der Waals surface area contributed by atoms with Gasteiger partial charge in [0.25, 0.3) is 5.91 Å². The molecule has 0 aromatic heterocycles. The van der Waals surface area contributed by atoms with E-state index in [2.05, 4.69) is 10.5 Å². The Morgan fingerprint density at radius 3 is 1.93 bits per heavy atom. The average Bonchev–Trinajstić information content (AvgIpc) is 2.80. The van der Waals surface area contributed by atoms with Crippen molar-refractivity contribution >= 4 is 12.1 Å². The quantitative estimate of drug-likeness (QED) is 0.467. The van der Waals surface area contributed by atoms with E-state index in [0.717, 1.165) is 11.1 Å². The Labute approximate surface area is 175 Å². The van der Waals surface area contributed by atoms with Gasteiger partial charge in [0.2, 0.25) is 0 Å². The Morgan fingerprint density at radius 2 is 1.43 bits per heavy atom. The van der Waals surface area contributed by atoms with Crippen LogP contribution in [0.1, 0.15) is 22.3 Å². The van der Waals surface area contributed by atoms with Gasteiger partial charge in [0.1, 0.15) is 0 Å². The molecule has 3 aromatic carbocycles. The van der Waals surface area contributed by atoms with Gasteiger partial charge in [0, 0.05) is 5.56 Å². The lowest BCUT2D eigenvalue weighted by Gasteiger charge is -2.27. The molecular formula is C24H24N2O4. The minimum Gasteiger partial charge on any atom is -0.493 e. The molecule has 0 aliphatic carbocycles. The van der Waals surface area contributed by atoms with E-state index in [1.807, 2.05) is 25.1 Å². The smallest absolute Gasteiger partial charge is 0.281 e. The van der Waals surface area contributed by atoms with Crippen LogP contribution in [0, 0.1) is 6.92 Å². The fourth-order valence-electron chi connectivity index (χ4n) is 3.16. The number of aliphatic hydroxyl groups is 1. The van der Waals surface area contributed by atoms with Crippen LogP contribution >= 0.6 is 0 Å². The van der Waals surface area contributed by atoms with Gasteiger partial charge >= 0.3 is 0 Å². The van der Waals surface area contributed by atoms with Crippen molar-refractivity contribution in [2.45, 2.75) is 12.5 Å².